The standard InChI is InChI=1S/C16H17N3OS/c1-20-15-9-12(7-8-17-15)10-18-16-19-11-14(21-16)13-5-3-2-4-6-13/h2-9,14H,10-11H2,1H3,(H,18,19). The summed E-state index contributed by atoms with van der Waals surface area (Å²) >= 11 is 1.78. The number of rotatable bonds is 4. The van der Waals surface area contributed by atoms with Crippen molar-refractivity contribution in [2.45, 2.75) is 11.8 Å². The third-order valence-electron chi connectivity index (χ3n) is 3.28. The number of benzene rings is 1. The Labute approximate surface area is 128 Å². The average Bonchev–Trinajstić information content (AvgIpc) is 3.03. The lowest BCUT2D eigenvalue weighted by Crippen LogP contribution is -2.18. The summed E-state index contributed by atoms with van der Waals surface area (Å²) in [5.74, 6) is 0.637. The van der Waals surface area contributed by atoms with Gasteiger partial charge in [-0.2, -0.15) is 0 Å². The van der Waals surface area contributed by atoms with Crippen LogP contribution in [0.15, 0.2) is 53.7 Å². The molecule has 0 spiro atoms. The van der Waals surface area contributed by atoms with E-state index < -0.39 is 0 Å². The summed E-state index contributed by atoms with van der Waals surface area (Å²) in [6, 6.07) is 14.4. The van der Waals surface area contributed by atoms with E-state index in [9.17, 15) is 0 Å². The Balaban J connectivity index is 1.55. The first kappa shape index (κ1) is 13.9. The third-order valence-corrected chi connectivity index (χ3v) is 4.48. The highest BCUT2D eigenvalue weighted by Crippen LogP contribution is 2.34. The molecule has 1 aliphatic rings. The van der Waals surface area contributed by atoms with Gasteiger partial charge in [-0.3, -0.25) is 4.99 Å². The molecule has 2 aromatic rings. The van der Waals surface area contributed by atoms with Crippen LogP contribution in [0.3, 0.4) is 0 Å². The molecule has 1 aliphatic heterocycles. The lowest BCUT2D eigenvalue weighted by atomic mass is 10.1. The topological polar surface area (TPSA) is 46.5 Å². The fraction of sp³-hybridized carbons (Fsp3) is 0.250. The minimum absolute atomic E-state index is 0.417. The second kappa shape index (κ2) is 6.63. The molecule has 1 atom stereocenters. The maximum atomic E-state index is 5.13. The smallest absolute Gasteiger partial charge is 0.213 e. The quantitative estimate of drug-likeness (QED) is 0.942. The largest absolute Gasteiger partial charge is 0.481 e. The highest BCUT2D eigenvalue weighted by molar-refractivity contribution is 8.14. The van der Waals surface area contributed by atoms with Crippen molar-refractivity contribution in [2.75, 3.05) is 13.7 Å². The molecule has 4 nitrogen and oxygen atoms in total. The lowest BCUT2D eigenvalue weighted by Gasteiger charge is -2.09. The van der Waals surface area contributed by atoms with Gasteiger partial charge in [0.2, 0.25) is 5.88 Å². The highest BCUT2D eigenvalue weighted by atomic mass is 32.2. The summed E-state index contributed by atoms with van der Waals surface area (Å²) in [6.45, 7) is 1.56. The van der Waals surface area contributed by atoms with Gasteiger partial charge >= 0.3 is 0 Å². The SMILES string of the molecule is COc1cc(CNC2=NCC(c3ccccc3)S2)ccn1. The molecule has 108 valence electrons. The van der Waals surface area contributed by atoms with E-state index in [1.54, 1.807) is 25.1 Å². The maximum absolute atomic E-state index is 5.13. The van der Waals surface area contributed by atoms with E-state index >= 15 is 0 Å². The number of nitrogens with zero attached hydrogens (tertiary/aromatic N) is 2. The Hall–Kier alpha value is -2.01. The van der Waals surface area contributed by atoms with Crippen LogP contribution in [0.1, 0.15) is 16.4 Å². The molecular weight excluding hydrogens is 282 g/mol. The van der Waals surface area contributed by atoms with Gasteiger partial charge in [-0.25, -0.2) is 4.98 Å². The predicted octanol–water partition coefficient (Wildman–Crippen LogP) is 3.02. The number of hydrogen-bond acceptors (Lipinski definition) is 5. The Morgan fingerprint density at radius 3 is 2.95 bits per heavy atom. The van der Waals surface area contributed by atoms with Crippen LogP contribution in [0, 0.1) is 0 Å². The van der Waals surface area contributed by atoms with Crippen LogP contribution in [0.2, 0.25) is 0 Å². The van der Waals surface area contributed by atoms with Crippen molar-refractivity contribution in [1.82, 2.24) is 10.3 Å². The van der Waals surface area contributed by atoms with E-state index in [0.717, 1.165) is 23.8 Å². The molecule has 1 aromatic heterocycles. The van der Waals surface area contributed by atoms with Gasteiger partial charge < -0.3 is 10.1 Å². The molecular formula is C16H17N3OS. The van der Waals surface area contributed by atoms with Crippen molar-refractivity contribution in [1.29, 1.82) is 0 Å². The molecule has 0 bridgehead atoms. The molecule has 0 saturated heterocycles. The number of aromatic nitrogens is 1. The van der Waals surface area contributed by atoms with Crippen LogP contribution >= 0.6 is 11.8 Å². The molecule has 3 rings (SSSR count). The van der Waals surface area contributed by atoms with Crippen molar-refractivity contribution in [2.24, 2.45) is 4.99 Å². The number of thioether (sulfide) groups is 1. The first-order valence-corrected chi connectivity index (χ1v) is 7.72. The van der Waals surface area contributed by atoms with E-state index in [0.29, 0.717) is 11.1 Å². The van der Waals surface area contributed by atoms with Crippen molar-refractivity contribution in [3.8, 4) is 5.88 Å². The van der Waals surface area contributed by atoms with E-state index in [2.05, 4.69) is 39.6 Å². The molecule has 1 N–H and O–H groups in total. The van der Waals surface area contributed by atoms with E-state index in [-0.39, 0.29) is 0 Å². The highest BCUT2D eigenvalue weighted by Gasteiger charge is 2.20. The second-order valence-corrected chi connectivity index (χ2v) is 5.91. The molecule has 0 aliphatic carbocycles. The number of pyridine rings is 1. The monoisotopic (exact) mass is 299 g/mol. The van der Waals surface area contributed by atoms with E-state index in [4.69, 9.17) is 4.74 Å². The van der Waals surface area contributed by atoms with Crippen LogP contribution in [0.25, 0.3) is 0 Å². The van der Waals surface area contributed by atoms with Gasteiger partial charge in [0.1, 0.15) is 0 Å². The zero-order chi connectivity index (χ0) is 14.5. The van der Waals surface area contributed by atoms with E-state index in [1.807, 2.05) is 18.2 Å². The molecule has 5 heteroatoms. The van der Waals surface area contributed by atoms with Gasteiger partial charge in [0, 0.05) is 18.8 Å². The van der Waals surface area contributed by atoms with Crippen molar-refractivity contribution in [3.63, 3.8) is 0 Å². The summed E-state index contributed by atoms with van der Waals surface area (Å²) in [7, 11) is 1.63. The third kappa shape index (κ3) is 3.55. The van der Waals surface area contributed by atoms with Gasteiger partial charge in [0.15, 0.2) is 5.17 Å². The van der Waals surface area contributed by atoms with Crippen LogP contribution in [0.5, 0.6) is 5.88 Å². The molecule has 0 saturated carbocycles. The lowest BCUT2D eigenvalue weighted by molar-refractivity contribution is 0.397. The van der Waals surface area contributed by atoms with E-state index in [1.165, 1.54) is 5.56 Å². The number of hydrogen-bond donors (Lipinski definition) is 1. The number of amidine groups is 1. The zero-order valence-corrected chi connectivity index (χ0v) is 12.6. The van der Waals surface area contributed by atoms with Crippen LogP contribution in [-0.4, -0.2) is 23.8 Å². The Morgan fingerprint density at radius 1 is 1.29 bits per heavy atom. The number of nitrogens with one attached hydrogen (secondary N) is 1. The normalized spacial score (nSPS) is 17.4. The van der Waals surface area contributed by atoms with Crippen molar-refractivity contribution in [3.05, 3.63) is 59.8 Å². The van der Waals surface area contributed by atoms with Gasteiger partial charge in [-0.15, -0.1) is 0 Å². The maximum Gasteiger partial charge on any atom is 0.213 e. The number of methoxy groups -OCH3 is 1. The Bertz CT molecular complexity index is 630. The van der Waals surface area contributed by atoms with Crippen LogP contribution in [-0.2, 0) is 6.54 Å². The predicted molar refractivity (Wildman–Crippen MR) is 86.7 cm³/mol. The number of ether oxygens (including phenoxy) is 1. The second-order valence-electron chi connectivity index (χ2n) is 4.72. The minimum Gasteiger partial charge on any atom is -0.481 e. The summed E-state index contributed by atoms with van der Waals surface area (Å²) in [6.07, 6.45) is 1.76. The molecule has 0 amide bonds. The van der Waals surface area contributed by atoms with Crippen molar-refractivity contribution < 1.29 is 4.74 Å². The fourth-order valence-electron chi connectivity index (χ4n) is 2.16. The number of aliphatic imine (C=N–C) groups is 1. The molecule has 0 fully saturated rings. The van der Waals surface area contributed by atoms with Crippen LogP contribution < -0.4 is 10.1 Å². The van der Waals surface area contributed by atoms with Gasteiger partial charge in [0.05, 0.1) is 18.9 Å². The Morgan fingerprint density at radius 2 is 2.14 bits per heavy atom. The van der Waals surface area contributed by atoms with Crippen molar-refractivity contribution >= 4 is 16.9 Å². The van der Waals surface area contributed by atoms with Gasteiger partial charge in [0.25, 0.3) is 0 Å². The zero-order valence-electron chi connectivity index (χ0n) is 11.8. The molecule has 21 heavy (non-hydrogen) atoms. The summed E-state index contributed by atoms with van der Waals surface area (Å²) in [5, 5.41) is 4.80. The first-order chi connectivity index (χ1) is 10.3. The average molecular weight is 299 g/mol. The fourth-order valence-corrected chi connectivity index (χ4v) is 3.18. The first-order valence-electron chi connectivity index (χ1n) is 6.84. The minimum atomic E-state index is 0.417. The molecule has 2 heterocycles. The summed E-state index contributed by atoms with van der Waals surface area (Å²) < 4.78 is 5.13. The molecule has 1 aromatic carbocycles. The van der Waals surface area contributed by atoms with Gasteiger partial charge in [-0.1, -0.05) is 42.1 Å². The molecule has 0 radical (unpaired) electrons. The summed E-state index contributed by atoms with van der Waals surface area (Å²) in [4.78, 5) is 8.68. The van der Waals surface area contributed by atoms with Crippen LogP contribution in [0.4, 0.5) is 0 Å². The Kier molecular flexibility index (Phi) is 4.40. The van der Waals surface area contributed by atoms with Gasteiger partial charge in [-0.05, 0) is 17.2 Å². The summed E-state index contributed by atoms with van der Waals surface area (Å²) in [5.41, 5.74) is 2.46. The molecule has 1 unspecified atom stereocenters.